The number of hydrogen-bond donors (Lipinski definition) is 4. The van der Waals surface area contributed by atoms with Crippen molar-refractivity contribution in [2.24, 2.45) is 11.8 Å². The summed E-state index contributed by atoms with van der Waals surface area (Å²) in [6.45, 7) is 3.55. The third-order valence-electron chi connectivity index (χ3n) is 8.41. The maximum absolute atomic E-state index is 13.7. The van der Waals surface area contributed by atoms with Gasteiger partial charge in [-0.2, -0.15) is 4.68 Å². The number of tetrazole rings is 1. The van der Waals surface area contributed by atoms with Crippen molar-refractivity contribution in [1.82, 2.24) is 51.2 Å². The Balaban J connectivity index is 1.33. The Kier molecular flexibility index (Phi) is 7.43. The molecule has 1 aromatic carbocycles. The molecule has 4 N–H and O–H groups in total. The molecule has 39 heavy (non-hydrogen) atoms. The van der Waals surface area contributed by atoms with E-state index in [1.54, 1.807) is 35.2 Å². The van der Waals surface area contributed by atoms with E-state index in [1.807, 2.05) is 6.92 Å². The Morgan fingerprint density at radius 2 is 1.97 bits per heavy atom. The van der Waals surface area contributed by atoms with Gasteiger partial charge < -0.3 is 10.6 Å². The van der Waals surface area contributed by atoms with E-state index in [0.29, 0.717) is 34.4 Å². The van der Waals surface area contributed by atoms with E-state index in [-0.39, 0.29) is 41.6 Å². The summed E-state index contributed by atoms with van der Waals surface area (Å²) in [5.41, 5.74) is 8.38. The van der Waals surface area contributed by atoms with E-state index < -0.39 is 0 Å². The van der Waals surface area contributed by atoms with Gasteiger partial charge in [0, 0.05) is 41.2 Å². The van der Waals surface area contributed by atoms with Crippen LogP contribution in [0.5, 0.6) is 0 Å². The molecule has 206 valence electrons. The molecule has 3 aliphatic rings. The summed E-state index contributed by atoms with van der Waals surface area (Å²) in [5, 5.41) is 18.9. The second-order valence-electron chi connectivity index (χ2n) is 10.8. The van der Waals surface area contributed by atoms with E-state index in [9.17, 15) is 9.59 Å². The molecule has 6 rings (SSSR count). The molecule has 13 heteroatoms. The first-order chi connectivity index (χ1) is 19.0. The molecule has 3 aliphatic heterocycles. The van der Waals surface area contributed by atoms with Crippen LogP contribution in [0.2, 0.25) is 5.02 Å². The van der Waals surface area contributed by atoms with Crippen LogP contribution in [-0.4, -0.2) is 66.9 Å². The summed E-state index contributed by atoms with van der Waals surface area (Å²) in [5.74, 6) is 0.368. The summed E-state index contributed by atoms with van der Waals surface area (Å²) in [7, 11) is 0. The Bertz CT molecular complexity index is 1380. The molecule has 0 spiro atoms. The van der Waals surface area contributed by atoms with E-state index in [4.69, 9.17) is 16.6 Å². The standard InChI is InChI=1S/C26H33ClN10O2/c1-15-3-2-4-23(20-9-16(7-8-28-20)25-21(12-30-33-25)32-26(15)39)36-13-29-19(11-24(36)38)18-10-17(27)5-6-22(18)37-14-31-34-35-37/h5-6,10-11,13-16,20-21,23,25,28,30,33H,2-4,7-9,12H2,1H3,(H,32,39)/t15-,16?,20?,21?,23+,25?/m1/s1. The fourth-order valence-electron chi connectivity index (χ4n) is 6.32. The number of aromatic nitrogens is 6. The quantitative estimate of drug-likeness (QED) is 0.377. The lowest BCUT2D eigenvalue weighted by atomic mass is 9.80. The van der Waals surface area contributed by atoms with Gasteiger partial charge >= 0.3 is 0 Å². The smallest absolute Gasteiger partial charge is 0.254 e. The third-order valence-corrected chi connectivity index (χ3v) is 8.65. The SMILES string of the molecule is C[C@@H]1CCC[C@H](n2cnc(-c3cc(Cl)ccc3-n3cnnn3)cc2=O)C2CC(CCN2)C2NNCC2NC1=O. The van der Waals surface area contributed by atoms with Crippen LogP contribution >= 0.6 is 11.6 Å². The van der Waals surface area contributed by atoms with Crippen molar-refractivity contribution < 1.29 is 4.79 Å². The molecule has 3 saturated heterocycles. The number of rotatable bonds is 3. The normalized spacial score (nSPS) is 29.6. The molecule has 6 atom stereocenters. The molecule has 0 aliphatic carbocycles. The van der Waals surface area contributed by atoms with Crippen LogP contribution in [0, 0.1) is 11.8 Å². The zero-order valence-electron chi connectivity index (χ0n) is 21.8. The van der Waals surface area contributed by atoms with E-state index in [1.165, 1.54) is 11.0 Å². The van der Waals surface area contributed by atoms with Gasteiger partial charge in [0.2, 0.25) is 5.91 Å². The van der Waals surface area contributed by atoms with Gasteiger partial charge in [-0.15, -0.1) is 5.10 Å². The molecule has 4 unspecified atom stereocenters. The van der Waals surface area contributed by atoms with Crippen LogP contribution in [0.3, 0.4) is 0 Å². The van der Waals surface area contributed by atoms with Crippen LogP contribution < -0.4 is 27.0 Å². The fourth-order valence-corrected chi connectivity index (χ4v) is 6.49. The number of hydrogen-bond acceptors (Lipinski definition) is 9. The predicted octanol–water partition coefficient (Wildman–Crippen LogP) is 1.23. The summed E-state index contributed by atoms with van der Waals surface area (Å²) >= 11 is 6.31. The lowest BCUT2D eigenvalue weighted by Crippen LogP contribution is -2.55. The molecular weight excluding hydrogens is 520 g/mol. The minimum Gasteiger partial charge on any atom is -0.350 e. The van der Waals surface area contributed by atoms with E-state index in [0.717, 1.165) is 38.6 Å². The van der Waals surface area contributed by atoms with Gasteiger partial charge in [-0.1, -0.05) is 24.9 Å². The van der Waals surface area contributed by atoms with Crippen molar-refractivity contribution in [3.05, 3.63) is 52.3 Å². The van der Waals surface area contributed by atoms with Crippen molar-refractivity contribution in [2.45, 2.75) is 63.2 Å². The molecule has 0 saturated carbocycles. The summed E-state index contributed by atoms with van der Waals surface area (Å²) in [4.78, 5) is 31.3. The molecular formula is C26H33ClN10O2. The zero-order chi connectivity index (χ0) is 26.9. The lowest BCUT2D eigenvalue weighted by molar-refractivity contribution is -0.125. The largest absolute Gasteiger partial charge is 0.350 e. The highest BCUT2D eigenvalue weighted by Crippen LogP contribution is 2.32. The highest BCUT2D eigenvalue weighted by Gasteiger charge is 2.40. The molecule has 3 fully saturated rings. The maximum Gasteiger partial charge on any atom is 0.254 e. The third kappa shape index (κ3) is 5.33. The van der Waals surface area contributed by atoms with Crippen LogP contribution in [0.25, 0.3) is 16.9 Å². The maximum atomic E-state index is 13.7. The second-order valence-corrected chi connectivity index (χ2v) is 11.3. The van der Waals surface area contributed by atoms with Gasteiger partial charge in [0.1, 0.15) is 6.33 Å². The molecule has 0 radical (unpaired) electrons. The number of halogens is 1. The van der Waals surface area contributed by atoms with Gasteiger partial charge in [-0.05, 0) is 66.8 Å². The molecule has 12 nitrogen and oxygen atoms in total. The van der Waals surface area contributed by atoms with Crippen LogP contribution in [0.15, 0.2) is 41.7 Å². The van der Waals surface area contributed by atoms with Crippen molar-refractivity contribution in [3.8, 4) is 16.9 Å². The minimum absolute atomic E-state index is 0.0531. The Morgan fingerprint density at radius 3 is 2.79 bits per heavy atom. The van der Waals surface area contributed by atoms with E-state index >= 15 is 0 Å². The average Bonchev–Trinajstić information content (AvgIpc) is 3.64. The monoisotopic (exact) mass is 552 g/mol. The van der Waals surface area contributed by atoms with Crippen molar-refractivity contribution in [3.63, 3.8) is 0 Å². The topological polar surface area (TPSA) is 144 Å². The van der Waals surface area contributed by atoms with E-state index in [2.05, 4.69) is 37.0 Å². The van der Waals surface area contributed by atoms with Gasteiger partial charge in [0.05, 0.1) is 29.8 Å². The molecule has 2 aromatic heterocycles. The highest BCUT2D eigenvalue weighted by atomic mass is 35.5. The first-order valence-corrected chi connectivity index (χ1v) is 14.0. The number of nitrogens with zero attached hydrogens (tertiary/aromatic N) is 6. The Hall–Kier alpha value is -3.19. The number of amides is 1. The zero-order valence-corrected chi connectivity index (χ0v) is 22.5. The number of hydrazine groups is 1. The van der Waals surface area contributed by atoms with Gasteiger partial charge in [-0.25, -0.2) is 4.98 Å². The van der Waals surface area contributed by atoms with Gasteiger partial charge in [-0.3, -0.25) is 25.0 Å². The Labute approximate surface area is 230 Å². The lowest BCUT2D eigenvalue weighted by Gasteiger charge is -2.40. The second kappa shape index (κ2) is 11.1. The summed E-state index contributed by atoms with van der Waals surface area (Å²) < 4.78 is 3.29. The van der Waals surface area contributed by atoms with Gasteiger partial charge in [0.25, 0.3) is 5.56 Å². The van der Waals surface area contributed by atoms with Crippen LogP contribution in [-0.2, 0) is 4.79 Å². The van der Waals surface area contributed by atoms with Crippen molar-refractivity contribution in [2.75, 3.05) is 13.1 Å². The number of nitrogens with one attached hydrogen (secondary N) is 4. The number of carbonyl (C=O) groups is 1. The fraction of sp³-hybridized carbons (Fsp3) is 0.538. The highest BCUT2D eigenvalue weighted by molar-refractivity contribution is 6.31. The summed E-state index contributed by atoms with van der Waals surface area (Å²) in [6.07, 6.45) is 7.41. The first kappa shape index (κ1) is 26.1. The van der Waals surface area contributed by atoms with Crippen molar-refractivity contribution >= 4 is 17.5 Å². The minimum atomic E-state index is -0.131. The van der Waals surface area contributed by atoms with Crippen LogP contribution in [0.4, 0.5) is 0 Å². The van der Waals surface area contributed by atoms with Crippen molar-refractivity contribution in [1.29, 1.82) is 0 Å². The summed E-state index contributed by atoms with van der Waals surface area (Å²) in [6, 6.07) is 7.11. The number of benzene rings is 1. The predicted molar refractivity (Wildman–Crippen MR) is 145 cm³/mol. The average molecular weight is 553 g/mol. The molecule has 3 aromatic rings. The molecule has 5 heterocycles. The molecule has 1 amide bonds. The number of carbonyl (C=O) groups excluding carboxylic acids is 1. The number of piperidine rings is 1. The number of fused-ring (bicyclic) bond motifs is 4. The molecule has 2 bridgehead atoms. The first-order valence-electron chi connectivity index (χ1n) is 13.6. The van der Waals surface area contributed by atoms with Crippen LogP contribution in [0.1, 0.15) is 45.1 Å². The van der Waals surface area contributed by atoms with Gasteiger partial charge in [0.15, 0.2) is 0 Å². The Morgan fingerprint density at radius 1 is 1.08 bits per heavy atom.